The van der Waals surface area contributed by atoms with E-state index in [2.05, 4.69) is 4.98 Å². The van der Waals surface area contributed by atoms with Gasteiger partial charge in [0, 0.05) is 7.11 Å². The minimum atomic E-state index is -0.743. The molecule has 0 unspecified atom stereocenters. The van der Waals surface area contributed by atoms with Gasteiger partial charge in [0.1, 0.15) is 5.82 Å². The van der Waals surface area contributed by atoms with Crippen LogP contribution in [-0.2, 0) is 29.0 Å². The van der Waals surface area contributed by atoms with Crippen molar-refractivity contribution < 1.29 is 19.0 Å². The first-order valence-electron chi connectivity index (χ1n) is 10.6. The number of aromatic amines is 1. The Balaban J connectivity index is 2.05. The number of carbonyl (C=O) groups excluding carboxylic acids is 1. The summed E-state index contributed by atoms with van der Waals surface area (Å²) in [4.78, 5) is 42.3. The van der Waals surface area contributed by atoms with Gasteiger partial charge in [0.25, 0.3) is 5.56 Å². The molecule has 10 heteroatoms. The molecule has 3 aromatic rings. The molecule has 2 aromatic carbocycles. The third-order valence-electron chi connectivity index (χ3n) is 5.29. The number of H-pyrrole nitrogens is 1. The number of nitrogens with one attached hydrogen (secondary N) is 1. The second-order valence-corrected chi connectivity index (χ2v) is 7.47. The van der Waals surface area contributed by atoms with Gasteiger partial charge < -0.3 is 19.9 Å². The Morgan fingerprint density at radius 1 is 1.00 bits per heavy atom. The van der Waals surface area contributed by atoms with Crippen molar-refractivity contribution in [3.8, 4) is 11.5 Å². The fraction of sp³-hybridized carbons (Fsp3) is 0.292. The van der Waals surface area contributed by atoms with Crippen LogP contribution in [0.3, 0.4) is 0 Å². The number of nitrogens with zero attached hydrogens (tertiary/aromatic N) is 2. The SMILES string of the molecule is COCCn1c(N)c(N(Cc2ccccc2)C(=O)Cc2ccc(OC)c(OC)c2)c(=O)[nH]c1=O. The van der Waals surface area contributed by atoms with Gasteiger partial charge >= 0.3 is 5.69 Å². The van der Waals surface area contributed by atoms with Gasteiger partial charge in [-0.2, -0.15) is 0 Å². The molecular formula is C24H28N4O6. The maximum Gasteiger partial charge on any atom is 0.330 e. The highest BCUT2D eigenvalue weighted by Gasteiger charge is 2.25. The molecule has 0 radical (unpaired) electrons. The number of amides is 1. The molecule has 3 rings (SSSR count). The quantitative estimate of drug-likeness (QED) is 0.462. The largest absolute Gasteiger partial charge is 0.493 e. The van der Waals surface area contributed by atoms with E-state index in [-0.39, 0.29) is 43.5 Å². The third-order valence-corrected chi connectivity index (χ3v) is 5.29. The molecule has 180 valence electrons. The Labute approximate surface area is 196 Å². The first-order chi connectivity index (χ1) is 16.4. The van der Waals surface area contributed by atoms with Crippen LogP contribution in [0.15, 0.2) is 58.1 Å². The zero-order chi connectivity index (χ0) is 24.7. The summed E-state index contributed by atoms with van der Waals surface area (Å²) < 4.78 is 16.8. The van der Waals surface area contributed by atoms with E-state index in [0.29, 0.717) is 17.1 Å². The predicted molar refractivity (Wildman–Crippen MR) is 128 cm³/mol. The summed E-state index contributed by atoms with van der Waals surface area (Å²) in [6, 6.07) is 14.3. The second kappa shape index (κ2) is 11.2. The van der Waals surface area contributed by atoms with E-state index in [0.717, 1.165) is 5.56 Å². The molecule has 0 fully saturated rings. The van der Waals surface area contributed by atoms with Crippen molar-refractivity contribution in [2.45, 2.75) is 19.5 Å². The molecule has 34 heavy (non-hydrogen) atoms. The van der Waals surface area contributed by atoms with Crippen molar-refractivity contribution in [2.24, 2.45) is 0 Å². The molecule has 0 atom stereocenters. The molecule has 0 bridgehead atoms. The van der Waals surface area contributed by atoms with Crippen molar-refractivity contribution in [3.63, 3.8) is 0 Å². The number of anilines is 2. The number of carbonyl (C=O) groups is 1. The number of ether oxygens (including phenoxy) is 3. The standard InChI is InChI=1S/C24H28N4O6/c1-32-12-11-27-22(25)21(23(30)26-24(27)31)28(15-16-7-5-4-6-8-16)20(29)14-17-9-10-18(33-2)19(13-17)34-3/h4-10,13H,11-12,14-15,25H2,1-3H3,(H,26,30,31). The van der Waals surface area contributed by atoms with Crippen LogP contribution in [-0.4, -0.2) is 43.4 Å². The van der Waals surface area contributed by atoms with Crippen molar-refractivity contribution in [1.82, 2.24) is 9.55 Å². The van der Waals surface area contributed by atoms with Crippen LogP contribution in [0.5, 0.6) is 11.5 Å². The Bertz CT molecular complexity index is 1250. The van der Waals surface area contributed by atoms with Crippen LogP contribution >= 0.6 is 0 Å². The summed E-state index contributed by atoms with van der Waals surface area (Å²) in [5.41, 5.74) is 6.19. The van der Waals surface area contributed by atoms with E-state index in [9.17, 15) is 14.4 Å². The number of aromatic nitrogens is 2. The first-order valence-corrected chi connectivity index (χ1v) is 10.6. The summed E-state index contributed by atoms with van der Waals surface area (Å²) >= 11 is 0. The average Bonchev–Trinajstić information content (AvgIpc) is 2.83. The van der Waals surface area contributed by atoms with Crippen LogP contribution in [0.4, 0.5) is 11.5 Å². The number of nitrogen functional groups attached to an aromatic ring is 1. The van der Waals surface area contributed by atoms with E-state index >= 15 is 0 Å². The zero-order valence-electron chi connectivity index (χ0n) is 19.4. The van der Waals surface area contributed by atoms with Gasteiger partial charge in [0.05, 0.1) is 40.3 Å². The summed E-state index contributed by atoms with van der Waals surface area (Å²) in [6.07, 6.45) is -0.0384. The van der Waals surface area contributed by atoms with Crippen molar-refractivity contribution in [2.75, 3.05) is 38.6 Å². The number of hydrogen-bond donors (Lipinski definition) is 2. The van der Waals surface area contributed by atoms with E-state index in [1.165, 1.54) is 30.8 Å². The smallest absolute Gasteiger partial charge is 0.330 e. The molecule has 0 aliphatic rings. The minimum Gasteiger partial charge on any atom is -0.493 e. The lowest BCUT2D eigenvalue weighted by Crippen LogP contribution is -2.41. The van der Waals surface area contributed by atoms with E-state index in [4.69, 9.17) is 19.9 Å². The Morgan fingerprint density at radius 3 is 2.35 bits per heavy atom. The lowest BCUT2D eigenvalue weighted by atomic mass is 10.1. The number of benzene rings is 2. The maximum atomic E-state index is 13.5. The molecule has 3 N–H and O–H groups in total. The summed E-state index contributed by atoms with van der Waals surface area (Å²) in [5.74, 6) is 0.520. The van der Waals surface area contributed by atoms with Crippen molar-refractivity contribution >= 4 is 17.4 Å². The van der Waals surface area contributed by atoms with Crippen LogP contribution in [0.2, 0.25) is 0 Å². The molecule has 0 spiro atoms. The van der Waals surface area contributed by atoms with Crippen LogP contribution < -0.4 is 31.4 Å². The van der Waals surface area contributed by atoms with Gasteiger partial charge in [-0.3, -0.25) is 24.0 Å². The number of nitrogens with two attached hydrogens (primary N) is 1. The lowest BCUT2D eigenvalue weighted by Gasteiger charge is -2.25. The highest BCUT2D eigenvalue weighted by molar-refractivity contribution is 5.96. The molecule has 10 nitrogen and oxygen atoms in total. The van der Waals surface area contributed by atoms with Gasteiger partial charge in [0.15, 0.2) is 17.2 Å². The number of rotatable bonds is 10. The van der Waals surface area contributed by atoms with Crippen LogP contribution in [0.25, 0.3) is 0 Å². The first kappa shape index (κ1) is 24.6. The topological polar surface area (TPSA) is 129 Å². The van der Waals surface area contributed by atoms with Crippen LogP contribution in [0.1, 0.15) is 11.1 Å². The van der Waals surface area contributed by atoms with E-state index < -0.39 is 11.2 Å². The predicted octanol–water partition coefficient (Wildman–Crippen LogP) is 1.56. The normalized spacial score (nSPS) is 10.7. The van der Waals surface area contributed by atoms with Gasteiger partial charge in [-0.15, -0.1) is 0 Å². The molecule has 1 aromatic heterocycles. The molecule has 1 amide bonds. The summed E-state index contributed by atoms with van der Waals surface area (Å²) in [6.45, 7) is 0.407. The van der Waals surface area contributed by atoms with Crippen molar-refractivity contribution in [1.29, 1.82) is 0 Å². The van der Waals surface area contributed by atoms with Gasteiger partial charge in [-0.25, -0.2) is 4.79 Å². The molecular weight excluding hydrogens is 440 g/mol. The Morgan fingerprint density at radius 2 is 1.71 bits per heavy atom. The Kier molecular flexibility index (Phi) is 8.10. The lowest BCUT2D eigenvalue weighted by molar-refractivity contribution is -0.118. The summed E-state index contributed by atoms with van der Waals surface area (Å²) in [7, 11) is 4.52. The van der Waals surface area contributed by atoms with Gasteiger partial charge in [-0.05, 0) is 23.3 Å². The maximum absolute atomic E-state index is 13.5. The Hall–Kier alpha value is -4.05. The summed E-state index contributed by atoms with van der Waals surface area (Å²) in [5, 5.41) is 0. The van der Waals surface area contributed by atoms with E-state index in [1.807, 2.05) is 30.3 Å². The van der Waals surface area contributed by atoms with Gasteiger partial charge in [-0.1, -0.05) is 36.4 Å². The molecule has 0 aliphatic carbocycles. The number of hydrogen-bond acceptors (Lipinski definition) is 7. The fourth-order valence-electron chi connectivity index (χ4n) is 3.56. The van der Waals surface area contributed by atoms with Crippen LogP contribution in [0, 0.1) is 0 Å². The fourth-order valence-corrected chi connectivity index (χ4v) is 3.56. The molecule has 0 saturated carbocycles. The minimum absolute atomic E-state index is 0.0384. The second-order valence-electron chi connectivity index (χ2n) is 7.47. The third kappa shape index (κ3) is 5.46. The van der Waals surface area contributed by atoms with Crippen molar-refractivity contribution in [3.05, 3.63) is 80.5 Å². The monoisotopic (exact) mass is 468 g/mol. The highest BCUT2D eigenvalue weighted by atomic mass is 16.5. The van der Waals surface area contributed by atoms with E-state index in [1.54, 1.807) is 18.2 Å². The number of methoxy groups -OCH3 is 3. The molecule has 1 heterocycles. The average molecular weight is 469 g/mol. The molecule has 0 saturated heterocycles. The molecule has 0 aliphatic heterocycles. The highest BCUT2D eigenvalue weighted by Crippen LogP contribution is 2.28. The zero-order valence-corrected chi connectivity index (χ0v) is 19.4. The van der Waals surface area contributed by atoms with Gasteiger partial charge in [0.2, 0.25) is 5.91 Å².